The van der Waals surface area contributed by atoms with Gasteiger partial charge in [0.1, 0.15) is 6.04 Å². The molecule has 5 nitrogen and oxygen atoms in total. The maximum atomic E-state index is 12.0. The monoisotopic (exact) mass is 260 g/mol. The van der Waals surface area contributed by atoms with Crippen LogP contribution in [-0.2, 0) is 9.59 Å². The molecule has 1 atom stereocenters. The molecule has 0 radical (unpaired) electrons. The van der Waals surface area contributed by atoms with E-state index in [2.05, 4.69) is 17.9 Å². The van der Waals surface area contributed by atoms with Crippen LogP contribution in [0.15, 0.2) is 0 Å². The molecule has 0 bridgehead atoms. The summed E-state index contributed by atoms with van der Waals surface area (Å²) in [6, 6.07) is -0.564. The average molecular weight is 260 g/mol. The van der Waals surface area contributed by atoms with E-state index >= 15 is 0 Å². The van der Waals surface area contributed by atoms with Gasteiger partial charge in [-0.2, -0.15) is 12.6 Å². The van der Waals surface area contributed by atoms with Gasteiger partial charge in [-0.3, -0.25) is 9.59 Å². The van der Waals surface area contributed by atoms with Gasteiger partial charge in [0, 0.05) is 26.3 Å². The number of nitrogens with one attached hydrogen (secondary N) is 1. The summed E-state index contributed by atoms with van der Waals surface area (Å²) in [7, 11) is 1.71. The maximum absolute atomic E-state index is 12.0. The Morgan fingerprint density at radius 1 is 1.53 bits per heavy atom. The highest BCUT2D eigenvalue weighted by Crippen LogP contribution is 2.27. The molecule has 17 heavy (non-hydrogen) atoms. The van der Waals surface area contributed by atoms with Crippen molar-refractivity contribution in [2.75, 3.05) is 19.3 Å². The first kappa shape index (κ1) is 14.3. The van der Waals surface area contributed by atoms with E-state index in [-0.39, 0.29) is 23.7 Å². The lowest BCUT2D eigenvalue weighted by Gasteiger charge is -2.35. The molecule has 1 unspecified atom stereocenters. The third-order valence-corrected chi connectivity index (χ3v) is 3.34. The fourth-order valence-electron chi connectivity index (χ4n) is 2.02. The standard InChI is InChI=1S/C11H20N2O3S/c1-7(14)12-10(6-17)11(16)13(2)5-8-3-9(15)4-8/h8-10,15,17H,3-6H2,1-2H3,(H,12,14). The van der Waals surface area contributed by atoms with Crippen molar-refractivity contribution in [2.24, 2.45) is 5.92 Å². The number of hydrogen-bond acceptors (Lipinski definition) is 4. The zero-order chi connectivity index (χ0) is 13.0. The summed E-state index contributed by atoms with van der Waals surface area (Å²) in [5, 5.41) is 11.7. The van der Waals surface area contributed by atoms with Crippen LogP contribution < -0.4 is 5.32 Å². The molecule has 0 aromatic carbocycles. The van der Waals surface area contributed by atoms with Gasteiger partial charge >= 0.3 is 0 Å². The van der Waals surface area contributed by atoms with E-state index in [0.29, 0.717) is 12.5 Å². The highest BCUT2D eigenvalue weighted by molar-refractivity contribution is 7.80. The number of carbonyl (C=O) groups excluding carboxylic acids is 2. The zero-order valence-corrected chi connectivity index (χ0v) is 11.1. The molecule has 1 aliphatic carbocycles. The molecule has 0 aliphatic heterocycles. The fraction of sp³-hybridized carbons (Fsp3) is 0.818. The molecule has 6 heteroatoms. The first-order valence-corrected chi connectivity index (χ1v) is 6.38. The van der Waals surface area contributed by atoms with Gasteiger partial charge < -0.3 is 15.3 Å². The van der Waals surface area contributed by atoms with Crippen molar-refractivity contribution in [1.82, 2.24) is 10.2 Å². The first-order chi connectivity index (χ1) is 7.93. The predicted molar refractivity (Wildman–Crippen MR) is 67.8 cm³/mol. The second-order valence-electron chi connectivity index (χ2n) is 4.65. The predicted octanol–water partition coefficient (Wildman–Crippen LogP) is -0.350. The molecule has 1 saturated carbocycles. The lowest BCUT2D eigenvalue weighted by molar-refractivity contribution is -0.135. The van der Waals surface area contributed by atoms with Crippen molar-refractivity contribution < 1.29 is 14.7 Å². The van der Waals surface area contributed by atoms with Crippen LogP contribution in [0, 0.1) is 5.92 Å². The molecule has 98 valence electrons. The van der Waals surface area contributed by atoms with Crippen LogP contribution in [-0.4, -0.2) is 53.3 Å². The van der Waals surface area contributed by atoms with Gasteiger partial charge in [-0.1, -0.05) is 0 Å². The molecular formula is C11H20N2O3S. The van der Waals surface area contributed by atoms with Crippen LogP contribution in [0.5, 0.6) is 0 Å². The van der Waals surface area contributed by atoms with Gasteiger partial charge in [-0.25, -0.2) is 0 Å². The molecule has 0 aromatic heterocycles. The van der Waals surface area contributed by atoms with E-state index in [1.165, 1.54) is 6.92 Å². The number of likely N-dealkylation sites (N-methyl/N-ethyl adjacent to an activating group) is 1. The maximum Gasteiger partial charge on any atom is 0.245 e. The Morgan fingerprint density at radius 2 is 2.12 bits per heavy atom. The van der Waals surface area contributed by atoms with Crippen molar-refractivity contribution >= 4 is 24.4 Å². The van der Waals surface area contributed by atoms with Gasteiger partial charge in [0.25, 0.3) is 0 Å². The zero-order valence-electron chi connectivity index (χ0n) is 10.2. The molecule has 1 aliphatic rings. The Labute approximate surface area is 107 Å². The minimum absolute atomic E-state index is 0.128. The second kappa shape index (κ2) is 6.26. The number of nitrogens with zero attached hydrogens (tertiary/aromatic N) is 1. The Morgan fingerprint density at radius 3 is 2.53 bits per heavy atom. The van der Waals surface area contributed by atoms with Crippen LogP contribution in [0.3, 0.4) is 0 Å². The Bertz CT molecular complexity index is 292. The summed E-state index contributed by atoms with van der Waals surface area (Å²) in [4.78, 5) is 24.5. The molecule has 2 N–H and O–H groups in total. The number of carbonyl (C=O) groups is 2. The smallest absolute Gasteiger partial charge is 0.245 e. The van der Waals surface area contributed by atoms with E-state index in [9.17, 15) is 14.7 Å². The van der Waals surface area contributed by atoms with Gasteiger partial charge in [0.2, 0.25) is 11.8 Å². The number of aliphatic hydroxyl groups is 1. The van der Waals surface area contributed by atoms with Gasteiger partial charge in [-0.15, -0.1) is 0 Å². The quantitative estimate of drug-likeness (QED) is 0.592. The van der Waals surface area contributed by atoms with E-state index < -0.39 is 6.04 Å². The molecule has 0 saturated heterocycles. The normalized spacial score (nSPS) is 24.7. The van der Waals surface area contributed by atoms with E-state index in [1.54, 1.807) is 11.9 Å². The lowest BCUT2D eigenvalue weighted by atomic mass is 9.82. The SMILES string of the molecule is CC(=O)NC(CS)C(=O)N(C)CC1CC(O)C1. The highest BCUT2D eigenvalue weighted by Gasteiger charge is 2.30. The van der Waals surface area contributed by atoms with Crippen LogP contribution in [0.2, 0.25) is 0 Å². The summed E-state index contributed by atoms with van der Waals surface area (Å²) >= 11 is 4.06. The number of thiol groups is 1. The Hall–Kier alpha value is -0.750. The molecule has 1 rings (SSSR count). The van der Waals surface area contributed by atoms with Crippen molar-refractivity contribution in [3.63, 3.8) is 0 Å². The van der Waals surface area contributed by atoms with E-state index in [0.717, 1.165) is 12.8 Å². The average Bonchev–Trinajstić information content (AvgIpc) is 2.22. The molecule has 2 amide bonds. The van der Waals surface area contributed by atoms with Crippen molar-refractivity contribution in [3.8, 4) is 0 Å². The minimum atomic E-state index is -0.564. The van der Waals surface area contributed by atoms with E-state index in [1.807, 2.05) is 0 Å². The van der Waals surface area contributed by atoms with Crippen LogP contribution in [0.1, 0.15) is 19.8 Å². The van der Waals surface area contributed by atoms with Crippen LogP contribution >= 0.6 is 12.6 Å². The van der Waals surface area contributed by atoms with Crippen LogP contribution in [0.25, 0.3) is 0 Å². The Kier molecular flexibility index (Phi) is 5.27. The minimum Gasteiger partial charge on any atom is -0.393 e. The van der Waals surface area contributed by atoms with Crippen LogP contribution in [0.4, 0.5) is 0 Å². The number of rotatable bonds is 5. The topological polar surface area (TPSA) is 69.6 Å². The summed E-state index contributed by atoms with van der Waals surface area (Å²) in [6.45, 7) is 2.01. The van der Waals surface area contributed by atoms with Gasteiger partial charge in [-0.05, 0) is 18.8 Å². The van der Waals surface area contributed by atoms with Crippen molar-refractivity contribution in [2.45, 2.75) is 31.9 Å². The van der Waals surface area contributed by atoms with Gasteiger partial charge in [0.15, 0.2) is 0 Å². The molecular weight excluding hydrogens is 240 g/mol. The van der Waals surface area contributed by atoms with Gasteiger partial charge in [0.05, 0.1) is 6.10 Å². The second-order valence-corrected chi connectivity index (χ2v) is 5.01. The third-order valence-electron chi connectivity index (χ3n) is 2.98. The molecule has 0 heterocycles. The van der Waals surface area contributed by atoms with E-state index in [4.69, 9.17) is 0 Å². The summed E-state index contributed by atoms with van der Waals surface area (Å²) in [6.07, 6.45) is 1.30. The lowest BCUT2D eigenvalue weighted by Crippen LogP contribution is -2.50. The number of hydrogen-bond donors (Lipinski definition) is 3. The summed E-state index contributed by atoms with van der Waals surface area (Å²) < 4.78 is 0. The fourth-order valence-corrected chi connectivity index (χ4v) is 2.27. The molecule has 0 spiro atoms. The van der Waals surface area contributed by atoms with Crippen molar-refractivity contribution in [1.29, 1.82) is 0 Å². The largest absolute Gasteiger partial charge is 0.393 e. The first-order valence-electron chi connectivity index (χ1n) is 5.75. The summed E-state index contributed by atoms with van der Waals surface area (Å²) in [5.74, 6) is 0.300. The van der Waals surface area contributed by atoms with Crippen molar-refractivity contribution in [3.05, 3.63) is 0 Å². The molecule has 0 aromatic rings. The number of amides is 2. The number of aliphatic hydroxyl groups excluding tert-OH is 1. The molecule has 1 fully saturated rings. The third kappa shape index (κ3) is 4.20. The Balaban J connectivity index is 2.40. The summed E-state index contributed by atoms with van der Waals surface area (Å²) in [5.41, 5.74) is 0. The highest BCUT2D eigenvalue weighted by atomic mass is 32.1.